The van der Waals surface area contributed by atoms with Crippen molar-refractivity contribution in [3.05, 3.63) is 72.3 Å². The number of amides is 1. The fourth-order valence-electron chi connectivity index (χ4n) is 2.97. The molecule has 3 rings (SSSR count). The van der Waals surface area contributed by atoms with Crippen LogP contribution >= 0.6 is 0 Å². The summed E-state index contributed by atoms with van der Waals surface area (Å²) in [7, 11) is 0. The zero-order valence-electron chi connectivity index (χ0n) is 16.3. The lowest BCUT2D eigenvalue weighted by Gasteiger charge is -2.13. The van der Waals surface area contributed by atoms with Gasteiger partial charge in [0.25, 0.3) is 0 Å². The molecule has 2 unspecified atom stereocenters. The summed E-state index contributed by atoms with van der Waals surface area (Å²) in [5.74, 6) is -0.0122. The molecule has 0 bridgehead atoms. The van der Waals surface area contributed by atoms with E-state index in [9.17, 15) is 4.79 Å². The Morgan fingerprint density at radius 3 is 2.25 bits per heavy atom. The lowest BCUT2D eigenvalue weighted by molar-refractivity contribution is -0.119. The molecule has 144 valence electrons. The van der Waals surface area contributed by atoms with Gasteiger partial charge in [0.05, 0.1) is 0 Å². The van der Waals surface area contributed by atoms with Crippen LogP contribution in [0.1, 0.15) is 38.0 Å². The maximum Gasteiger partial charge on any atom is 0.316 e. The predicted octanol–water partition coefficient (Wildman–Crippen LogP) is 3.75. The van der Waals surface area contributed by atoms with Crippen LogP contribution in [0, 0.1) is 0 Å². The van der Waals surface area contributed by atoms with E-state index in [1.807, 2.05) is 38.1 Å². The molecule has 0 aliphatic heterocycles. The highest BCUT2D eigenvalue weighted by Crippen LogP contribution is 2.22. The molecule has 1 amide bonds. The Bertz CT molecular complexity index is 896. The maximum atomic E-state index is 11.1. The molecule has 1 N–H and O–H groups in total. The van der Waals surface area contributed by atoms with Gasteiger partial charge in [0, 0.05) is 43.3 Å². The largest absolute Gasteiger partial charge is 0.456 e. The van der Waals surface area contributed by atoms with Crippen LogP contribution in [0.4, 0.5) is 0 Å². The zero-order valence-corrected chi connectivity index (χ0v) is 16.3. The van der Waals surface area contributed by atoms with Crippen molar-refractivity contribution < 1.29 is 9.53 Å². The van der Waals surface area contributed by atoms with Gasteiger partial charge in [-0.3, -0.25) is 9.78 Å². The highest BCUT2D eigenvalue weighted by molar-refractivity contribution is 5.73. The van der Waals surface area contributed by atoms with Crippen molar-refractivity contribution in [2.45, 2.75) is 39.3 Å². The van der Waals surface area contributed by atoms with E-state index in [4.69, 9.17) is 4.74 Å². The summed E-state index contributed by atoms with van der Waals surface area (Å²) < 4.78 is 5.80. The van der Waals surface area contributed by atoms with Crippen LogP contribution in [0.15, 0.2) is 61.2 Å². The summed E-state index contributed by atoms with van der Waals surface area (Å²) in [5, 5.41) is 2.89. The third-order valence-corrected chi connectivity index (χ3v) is 4.36. The van der Waals surface area contributed by atoms with Crippen molar-refractivity contribution in [2.75, 3.05) is 0 Å². The standard InChI is InChI=1S/C22H24N4O2/c1-15(26-17(3)27)12-18-4-6-20(7-5-18)21-13-24-22(25-14-21)28-16(2)19-8-10-23-11-9-19/h4-11,13-16H,12H2,1-3H3,(H,26,27). The van der Waals surface area contributed by atoms with E-state index in [0.717, 1.165) is 28.7 Å². The number of rotatable bonds is 7. The van der Waals surface area contributed by atoms with Crippen molar-refractivity contribution in [3.8, 4) is 17.1 Å². The second-order valence-electron chi connectivity index (χ2n) is 6.80. The van der Waals surface area contributed by atoms with E-state index in [0.29, 0.717) is 6.01 Å². The zero-order chi connectivity index (χ0) is 19.9. The van der Waals surface area contributed by atoms with Crippen LogP contribution < -0.4 is 10.1 Å². The van der Waals surface area contributed by atoms with E-state index < -0.39 is 0 Å². The summed E-state index contributed by atoms with van der Waals surface area (Å²) >= 11 is 0. The molecule has 0 spiro atoms. The molecule has 2 atom stereocenters. The molecular weight excluding hydrogens is 352 g/mol. The molecule has 0 saturated carbocycles. The van der Waals surface area contributed by atoms with Crippen LogP contribution in [-0.4, -0.2) is 26.9 Å². The average Bonchev–Trinajstić information content (AvgIpc) is 2.69. The quantitative estimate of drug-likeness (QED) is 0.680. The van der Waals surface area contributed by atoms with E-state index in [1.165, 1.54) is 6.92 Å². The number of hydrogen-bond donors (Lipinski definition) is 1. The van der Waals surface area contributed by atoms with Gasteiger partial charge in [0.2, 0.25) is 5.91 Å². The van der Waals surface area contributed by atoms with E-state index in [1.54, 1.807) is 24.8 Å². The Kier molecular flexibility index (Phi) is 6.32. The van der Waals surface area contributed by atoms with Gasteiger partial charge in [-0.1, -0.05) is 24.3 Å². The van der Waals surface area contributed by atoms with Gasteiger partial charge in [-0.15, -0.1) is 0 Å². The highest BCUT2D eigenvalue weighted by Gasteiger charge is 2.10. The minimum absolute atomic E-state index is 0.0122. The molecule has 6 heteroatoms. The van der Waals surface area contributed by atoms with Crippen molar-refractivity contribution >= 4 is 5.91 Å². The van der Waals surface area contributed by atoms with E-state index >= 15 is 0 Å². The highest BCUT2D eigenvalue weighted by atomic mass is 16.5. The molecule has 6 nitrogen and oxygen atoms in total. The lowest BCUT2D eigenvalue weighted by atomic mass is 10.0. The normalized spacial score (nSPS) is 12.8. The summed E-state index contributed by atoms with van der Waals surface area (Å²) in [6.45, 7) is 5.48. The number of nitrogens with zero attached hydrogens (tertiary/aromatic N) is 3. The first kappa shape index (κ1) is 19.5. The first-order valence-corrected chi connectivity index (χ1v) is 9.26. The smallest absolute Gasteiger partial charge is 0.316 e. The first-order valence-electron chi connectivity index (χ1n) is 9.26. The van der Waals surface area contributed by atoms with Gasteiger partial charge in [0.15, 0.2) is 0 Å². The Labute approximate surface area is 165 Å². The fourth-order valence-corrected chi connectivity index (χ4v) is 2.97. The van der Waals surface area contributed by atoms with Gasteiger partial charge in [0.1, 0.15) is 6.10 Å². The van der Waals surface area contributed by atoms with E-state index in [2.05, 4.69) is 32.4 Å². The Morgan fingerprint density at radius 1 is 1.00 bits per heavy atom. The van der Waals surface area contributed by atoms with Gasteiger partial charge in [-0.25, -0.2) is 9.97 Å². The summed E-state index contributed by atoms with van der Waals surface area (Å²) in [6, 6.07) is 12.5. The van der Waals surface area contributed by atoms with Crippen LogP contribution in [0.25, 0.3) is 11.1 Å². The Balaban J connectivity index is 1.62. The van der Waals surface area contributed by atoms with E-state index in [-0.39, 0.29) is 18.1 Å². The van der Waals surface area contributed by atoms with Gasteiger partial charge in [-0.2, -0.15) is 0 Å². The number of carbonyl (C=O) groups excluding carboxylic acids is 1. The van der Waals surface area contributed by atoms with Gasteiger partial charge >= 0.3 is 6.01 Å². The minimum atomic E-state index is -0.154. The van der Waals surface area contributed by atoms with Gasteiger partial charge < -0.3 is 10.1 Å². The SMILES string of the molecule is CC(=O)NC(C)Cc1ccc(-c2cnc(OC(C)c3ccncc3)nc2)cc1. The second kappa shape index (κ2) is 9.08. The lowest BCUT2D eigenvalue weighted by Crippen LogP contribution is -2.31. The molecule has 0 aliphatic carbocycles. The Hall–Kier alpha value is -3.28. The number of carbonyl (C=O) groups is 1. The van der Waals surface area contributed by atoms with Crippen LogP contribution in [-0.2, 0) is 11.2 Å². The molecule has 2 heterocycles. The van der Waals surface area contributed by atoms with Crippen LogP contribution in [0.5, 0.6) is 6.01 Å². The van der Waals surface area contributed by atoms with Crippen molar-refractivity contribution in [1.29, 1.82) is 0 Å². The number of pyridine rings is 1. The molecule has 0 radical (unpaired) electrons. The molecule has 28 heavy (non-hydrogen) atoms. The van der Waals surface area contributed by atoms with Crippen molar-refractivity contribution in [2.24, 2.45) is 0 Å². The van der Waals surface area contributed by atoms with Crippen molar-refractivity contribution in [1.82, 2.24) is 20.3 Å². The van der Waals surface area contributed by atoms with Gasteiger partial charge in [-0.05, 0) is 49.1 Å². The molecule has 0 aliphatic rings. The molecule has 0 saturated heterocycles. The summed E-state index contributed by atoms with van der Waals surface area (Å²) in [6.07, 6.45) is 7.63. The average molecular weight is 376 g/mol. The third-order valence-electron chi connectivity index (χ3n) is 4.36. The number of aromatic nitrogens is 3. The number of benzene rings is 1. The number of hydrogen-bond acceptors (Lipinski definition) is 5. The molecule has 0 fully saturated rings. The summed E-state index contributed by atoms with van der Waals surface area (Å²) in [5.41, 5.74) is 4.14. The molecule has 3 aromatic rings. The third kappa shape index (κ3) is 5.36. The molecule has 1 aromatic carbocycles. The second-order valence-corrected chi connectivity index (χ2v) is 6.80. The fraction of sp³-hybridized carbons (Fsp3) is 0.273. The first-order chi connectivity index (χ1) is 13.5. The molecule has 2 aromatic heterocycles. The Morgan fingerprint density at radius 2 is 1.64 bits per heavy atom. The maximum absolute atomic E-state index is 11.1. The topological polar surface area (TPSA) is 77.0 Å². The minimum Gasteiger partial charge on any atom is -0.456 e. The predicted molar refractivity (Wildman–Crippen MR) is 108 cm³/mol. The number of nitrogens with one attached hydrogen (secondary N) is 1. The monoisotopic (exact) mass is 376 g/mol. The number of ether oxygens (including phenoxy) is 1. The summed E-state index contributed by atoms with van der Waals surface area (Å²) in [4.78, 5) is 23.8. The van der Waals surface area contributed by atoms with Crippen molar-refractivity contribution in [3.63, 3.8) is 0 Å². The van der Waals surface area contributed by atoms with Crippen LogP contribution in [0.3, 0.4) is 0 Å². The molecular formula is C22H24N4O2. The van der Waals surface area contributed by atoms with Crippen LogP contribution in [0.2, 0.25) is 0 Å².